The van der Waals surface area contributed by atoms with Gasteiger partial charge in [0.15, 0.2) is 0 Å². The first kappa shape index (κ1) is 45.6. The number of hydrogen-bond acceptors (Lipinski definition) is 3. The lowest BCUT2D eigenvalue weighted by Gasteiger charge is -2.19. The van der Waals surface area contributed by atoms with Crippen molar-refractivity contribution in [3.05, 3.63) is 36.5 Å². The summed E-state index contributed by atoms with van der Waals surface area (Å²) < 4.78 is 0. The molecule has 2 unspecified atom stereocenters. The molecule has 0 aromatic carbocycles. The predicted octanol–water partition coefficient (Wildman–Crippen LogP) is 12.6. The summed E-state index contributed by atoms with van der Waals surface area (Å²) in [7, 11) is 0. The third kappa shape index (κ3) is 35.7. The molecule has 0 fully saturated rings. The first-order valence-electron chi connectivity index (χ1n) is 20.7. The fourth-order valence-corrected chi connectivity index (χ4v) is 6.15. The van der Waals surface area contributed by atoms with Gasteiger partial charge in [0.1, 0.15) is 0 Å². The van der Waals surface area contributed by atoms with Crippen molar-refractivity contribution >= 4 is 5.91 Å². The number of aliphatic hydroxyl groups is 2. The van der Waals surface area contributed by atoms with Crippen molar-refractivity contribution in [3.8, 4) is 0 Å². The molecule has 0 rings (SSSR count). The maximum atomic E-state index is 12.1. The highest BCUT2D eigenvalue weighted by molar-refractivity contribution is 5.76. The fraction of sp³-hybridized carbons (Fsp3) is 0.837. The van der Waals surface area contributed by atoms with Crippen molar-refractivity contribution in [2.45, 2.75) is 225 Å². The zero-order chi connectivity index (χ0) is 34.3. The van der Waals surface area contributed by atoms with E-state index in [1.165, 1.54) is 148 Å². The summed E-state index contributed by atoms with van der Waals surface area (Å²) in [6.45, 7) is 4.21. The molecule has 1 amide bonds. The molecule has 0 heterocycles. The average molecular weight is 660 g/mol. The molecule has 0 aromatic rings. The Bertz CT molecular complexity index is 716. The van der Waals surface area contributed by atoms with Crippen LogP contribution >= 0.6 is 0 Å². The van der Waals surface area contributed by atoms with E-state index in [1.54, 1.807) is 6.08 Å². The van der Waals surface area contributed by atoms with E-state index in [4.69, 9.17) is 0 Å². The number of unbranched alkanes of at least 4 members (excludes halogenated alkanes) is 26. The number of rotatable bonds is 37. The first-order valence-corrected chi connectivity index (χ1v) is 20.7. The Labute approximate surface area is 293 Å². The van der Waals surface area contributed by atoms with E-state index in [1.807, 2.05) is 6.08 Å². The van der Waals surface area contributed by atoms with Crippen LogP contribution in [0.4, 0.5) is 0 Å². The third-order valence-electron chi connectivity index (χ3n) is 9.35. The molecular weight excluding hydrogens is 578 g/mol. The van der Waals surface area contributed by atoms with Crippen LogP contribution in [0.15, 0.2) is 36.5 Å². The molecule has 0 saturated carbocycles. The number of nitrogens with one attached hydrogen (secondary N) is 1. The smallest absolute Gasteiger partial charge is 0.220 e. The zero-order valence-corrected chi connectivity index (χ0v) is 31.5. The highest BCUT2D eigenvalue weighted by Crippen LogP contribution is 2.15. The second-order valence-electron chi connectivity index (χ2n) is 14.0. The molecule has 0 saturated heterocycles. The van der Waals surface area contributed by atoms with E-state index in [9.17, 15) is 15.0 Å². The second kappa shape index (κ2) is 39.1. The minimum Gasteiger partial charge on any atom is -0.394 e. The van der Waals surface area contributed by atoms with Crippen molar-refractivity contribution in [1.82, 2.24) is 5.32 Å². The Kier molecular flexibility index (Phi) is 37.9. The zero-order valence-electron chi connectivity index (χ0n) is 31.5. The lowest BCUT2D eigenvalue weighted by atomic mass is 10.0. The molecule has 4 heteroatoms. The number of amides is 1. The van der Waals surface area contributed by atoms with Gasteiger partial charge in [0.05, 0.1) is 18.8 Å². The van der Waals surface area contributed by atoms with E-state index in [0.717, 1.165) is 44.9 Å². The first-order chi connectivity index (χ1) is 23.2. The van der Waals surface area contributed by atoms with Crippen LogP contribution in [0.5, 0.6) is 0 Å². The van der Waals surface area contributed by atoms with Crippen LogP contribution in [0, 0.1) is 0 Å². The molecule has 3 N–H and O–H groups in total. The van der Waals surface area contributed by atoms with Crippen molar-refractivity contribution < 1.29 is 15.0 Å². The molecule has 2 atom stereocenters. The van der Waals surface area contributed by atoms with E-state index in [0.29, 0.717) is 6.42 Å². The fourth-order valence-electron chi connectivity index (χ4n) is 6.15. The van der Waals surface area contributed by atoms with Crippen molar-refractivity contribution in [1.29, 1.82) is 0 Å². The van der Waals surface area contributed by atoms with Crippen LogP contribution in [0.1, 0.15) is 213 Å². The van der Waals surface area contributed by atoms with Gasteiger partial charge in [-0.2, -0.15) is 0 Å². The predicted molar refractivity (Wildman–Crippen MR) is 207 cm³/mol. The van der Waals surface area contributed by atoms with Gasteiger partial charge in [0.2, 0.25) is 5.91 Å². The van der Waals surface area contributed by atoms with E-state index in [2.05, 4.69) is 43.5 Å². The van der Waals surface area contributed by atoms with Gasteiger partial charge in [0.25, 0.3) is 0 Å². The molecule has 0 aromatic heterocycles. The summed E-state index contributed by atoms with van der Waals surface area (Å²) in [6.07, 6.45) is 51.6. The van der Waals surface area contributed by atoms with E-state index in [-0.39, 0.29) is 12.5 Å². The molecule has 0 radical (unpaired) electrons. The Morgan fingerprint density at radius 1 is 0.489 bits per heavy atom. The van der Waals surface area contributed by atoms with Gasteiger partial charge in [-0.25, -0.2) is 0 Å². The Morgan fingerprint density at radius 2 is 0.830 bits per heavy atom. The van der Waals surface area contributed by atoms with Gasteiger partial charge in [-0.05, 0) is 44.9 Å². The maximum absolute atomic E-state index is 12.1. The summed E-state index contributed by atoms with van der Waals surface area (Å²) in [4.78, 5) is 12.1. The molecular formula is C43H81NO3. The molecule has 276 valence electrons. The number of aliphatic hydroxyl groups excluding tert-OH is 2. The summed E-state index contributed by atoms with van der Waals surface area (Å²) in [5.74, 6) is -0.0919. The second-order valence-corrected chi connectivity index (χ2v) is 14.0. The number of hydrogen-bond donors (Lipinski definition) is 3. The van der Waals surface area contributed by atoms with Gasteiger partial charge in [0, 0.05) is 6.42 Å². The van der Waals surface area contributed by atoms with Gasteiger partial charge in [-0.15, -0.1) is 0 Å². The maximum Gasteiger partial charge on any atom is 0.220 e. The molecule has 0 spiro atoms. The minimum absolute atomic E-state index is 0.0919. The van der Waals surface area contributed by atoms with E-state index < -0.39 is 12.1 Å². The molecule has 0 aliphatic carbocycles. The number of allylic oxidation sites excluding steroid dienone is 5. The van der Waals surface area contributed by atoms with Crippen molar-refractivity contribution in [2.24, 2.45) is 0 Å². The molecule has 47 heavy (non-hydrogen) atoms. The highest BCUT2D eigenvalue weighted by atomic mass is 16.3. The quantitative estimate of drug-likeness (QED) is 0.0459. The summed E-state index contributed by atoms with van der Waals surface area (Å²) in [5, 5.41) is 22.7. The Balaban J connectivity index is 3.48. The van der Waals surface area contributed by atoms with Gasteiger partial charge in [-0.1, -0.05) is 198 Å². The topological polar surface area (TPSA) is 69.6 Å². The molecule has 0 aliphatic rings. The lowest BCUT2D eigenvalue weighted by Crippen LogP contribution is -2.45. The van der Waals surface area contributed by atoms with Gasteiger partial charge in [-0.3, -0.25) is 4.79 Å². The summed E-state index contributed by atoms with van der Waals surface area (Å²) in [5.41, 5.74) is 0. The van der Waals surface area contributed by atoms with Crippen LogP contribution in [0.25, 0.3) is 0 Å². The average Bonchev–Trinajstić information content (AvgIpc) is 3.07. The SMILES string of the molecule is CCCCCCCCCCCCCCCCCCCCCC/C=C/CC/C=C/CC/C=C/C(O)C(CO)NC(=O)CCCCCCC. The van der Waals surface area contributed by atoms with Gasteiger partial charge >= 0.3 is 0 Å². The normalized spacial score (nSPS) is 13.4. The van der Waals surface area contributed by atoms with Crippen LogP contribution in [0.3, 0.4) is 0 Å². The third-order valence-corrected chi connectivity index (χ3v) is 9.35. The number of carbonyl (C=O) groups is 1. The Hall–Kier alpha value is -1.39. The van der Waals surface area contributed by atoms with Crippen LogP contribution in [-0.4, -0.2) is 34.9 Å². The highest BCUT2D eigenvalue weighted by Gasteiger charge is 2.17. The van der Waals surface area contributed by atoms with Crippen molar-refractivity contribution in [3.63, 3.8) is 0 Å². The monoisotopic (exact) mass is 660 g/mol. The summed E-state index contributed by atoms with van der Waals surface area (Å²) in [6, 6.07) is -0.639. The number of carbonyl (C=O) groups excluding carboxylic acids is 1. The minimum atomic E-state index is -0.864. The molecule has 4 nitrogen and oxygen atoms in total. The van der Waals surface area contributed by atoms with Crippen molar-refractivity contribution in [2.75, 3.05) is 6.61 Å². The Morgan fingerprint density at radius 3 is 1.23 bits per heavy atom. The largest absolute Gasteiger partial charge is 0.394 e. The lowest BCUT2D eigenvalue weighted by molar-refractivity contribution is -0.123. The standard InChI is InChI=1S/C43H81NO3/c1-3-5-7-9-10-11-12-13-14-15-16-17-18-19-20-21-22-23-24-25-26-27-28-29-30-31-32-33-35-36-38-42(46)41(40-45)44-43(47)39-37-34-8-6-4-2/h27-28,31-32,36,38,41-42,45-46H,3-26,29-30,33-35,37,39-40H2,1-2H3,(H,44,47)/b28-27+,32-31+,38-36+. The van der Waals surface area contributed by atoms with Crippen LogP contribution in [0.2, 0.25) is 0 Å². The summed E-state index contributed by atoms with van der Waals surface area (Å²) >= 11 is 0. The van der Waals surface area contributed by atoms with Crippen LogP contribution < -0.4 is 5.32 Å². The molecule has 0 bridgehead atoms. The van der Waals surface area contributed by atoms with Crippen LogP contribution in [-0.2, 0) is 4.79 Å². The van der Waals surface area contributed by atoms with E-state index >= 15 is 0 Å². The van der Waals surface area contributed by atoms with Gasteiger partial charge < -0.3 is 15.5 Å². The molecule has 0 aliphatic heterocycles.